The third kappa shape index (κ3) is 4.27. The quantitative estimate of drug-likeness (QED) is 0.736. The molecule has 0 unspecified atom stereocenters. The lowest BCUT2D eigenvalue weighted by molar-refractivity contribution is -0.128. The molecule has 2 amide bonds. The molecule has 1 fully saturated rings. The van der Waals surface area contributed by atoms with Crippen molar-refractivity contribution < 1.29 is 9.59 Å². The minimum Gasteiger partial charge on any atom is -0.338 e. The van der Waals surface area contributed by atoms with Crippen LogP contribution in [0.2, 0.25) is 15.1 Å². The van der Waals surface area contributed by atoms with E-state index in [4.69, 9.17) is 34.8 Å². The lowest BCUT2D eigenvalue weighted by atomic mass is 10.1. The van der Waals surface area contributed by atoms with Gasteiger partial charge in [0.15, 0.2) is 0 Å². The third-order valence-electron chi connectivity index (χ3n) is 4.02. The summed E-state index contributed by atoms with van der Waals surface area (Å²) in [6.45, 7) is 1.36. The summed E-state index contributed by atoms with van der Waals surface area (Å²) in [5, 5.41) is 3.66. The second-order valence-corrected chi connectivity index (χ2v) is 7.04. The van der Waals surface area contributed by atoms with Crippen molar-refractivity contribution in [1.82, 2.24) is 4.90 Å². The van der Waals surface area contributed by atoms with Crippen LogP contribution in [0.25, 0.3) is 0 Å². The normalized spacial score (nSPS) is 14.0. The predicted octanol–water partition coefficient (Wildman–Crippen LogP) is 5.02. The number of nitrogens with zero attached hydrogens (tertiary/aromatic N) is 1. The van der Waals surface area contributed by atoms with Gasteiger partial charge in [-0.1, -0.05) is 46.9 Å². The van der Waals surface area contributed by atoms with Gasteiger partial charge < -0.3 is 10.2 Å². The van der Waals surface area contributed by atoms with E-state index in [0.29, 0.717) is 39.3 Å². The van der Waals surface area contributed by atoms with Crippen LogP contribution in [-0.4, -0.2) is 23.3 Å². The summed E-state index contributed by atoms with van der Waals surface area (Å²) in [4.78, 5) is 25.9. The van der Waals surface area contributed by atoms with Crippen LogP contribution in [-0.2, 0) is 11.3 Å². The van der Waals surface area contributed by atoms with Crippen molar-refractivity contribution in [3.63, 3.8) is 0 Å². The molecule has 130 valence electrons. The molecule has 3 rings (SSSR count). The molecule has 1 heterocycles. The van der Waals surface area contributed by atoms with Crippen LogP contribution < -0.4 is 5.32 Å². The number of anilines is 1. The van der Waals surface area contributed by atoms with E-state index < -0.39 is 0 Å². The maximum Gasteiger partial charge on any atom is 0.255 e. The lowest BCUT2D eigenvalue weighted by Crippen LogP contribution is -2.23. The molecule has 1 N–H and O–H groups in total. The van der Waals surface area contributed by atoms with Gasteiger partial charge in [0.2, 0.25) is 5.91 Å². The molecule has 0 radical (unpaired) electrons. The molecule has 2 aromatic rings. The van der Waals surface area contributed by atoms with Gasteiger partial charge in [-0.05, 0) is 36.2 Å². The van der Waals surface area contributed by atoms with Crippen LogP contribution in [0.3, 0.4) is 0 Å². The Kier molecular flexibility index (Phi) is 5.52. The highest BCUT2D eigenvalue weighted by atomic mass is 35.5. The van der Waals surface area contributed by atoms with Crippen molar-refractivity contribution in [2.45, 2.75) is 19.4 Å². The summed E-state index contributed by atoms with van der Waals surface area (Å²) in [6, 6.07) is 10.1. The van der Waals surface area contributed by atoms with Crippen LogP contribution in [0, 0.1) is 0 Å². The minimum atomic E-state index is -0.302. The van der Waals surface area contributed by atoms with E-state index in [2.05, 4.69) is 5.32 Å². The van der Waals surface area contributed by atoms with Gasteiger partial charge in [-0.2, -0.15) is 0 Å². The zero-order valence-corrected chi connectivity index (χ0v) is 15.5. The number of rotatable bonds is 4. The van der Waals surface area contributed by atoms with Crippen molar-refractivity contribution in [2.24, 2.45) is 0 Å². The summed E-state index contributed by atoms with van der Waals surface area (Å²) in [6.07, 6.45) is 1.52. The van der Waals surface area contributed by atoms with Crippen LogP contribution in [0.4, 0.5) is 5.69 Å². The van der Waals surface area contributed by atoms with Gasteiger partial charge in [0.05, 0.1) is 20.8 Å². The van der Waals surface area contributed by atoms with Gasteiger partial charge >= 0.3 is 0 Å². The zero-order valence-electron chi connectivity index (χ0n) is 13.2. The molecule has 0 aromatic heterocycles. The van der Waals surface area contributed by atoms with E-state index in [1.54, 1.807) is 12.1 Å². The second kappa shape index (κ2) is 7.65. The highest BCUT2D eigenvalue weighted by molar-refractivity contribution is 6.44. The summed E-state index contributed by atoms with van der Waals surface area (Å²) in [7, 11) is 0. The number of carbonyl (C=O) groups is 2. The first-order valence-electron chi connectivity index (χ1n) is 7.76. The first-order valence-corrected chi connectivity index (χ1v) is 8.90. The number of halogens is 3. The van der Waals surface area contributed by atoms with Gasteiger partial charge in [-0.25, -0.2) is 0 Å². The summed E-state index contributed by atoms with van der Waals surface area (Å²) < 4.78 is 0. The second-order valence-electron chi connectivity index (χ2n) is 5.82. The van der Waals surface area contributed by atoms with Gasteiger partial charge in [0.1, 0.15) is 0 Å². The minimum absolute atomic E-state index is 0.177. The average Bonchev–Trinajstić information content (AvgIpc) is 2.98. The standard InChI is InChI=1S/C18H15Cl3N2O2/c19-13-8-15(21)16(9-14(13)20)22-18(25)12-5-3-11(4-6-12)10-23-7-1-2-17(23)24/h3-6,8-9H,1-2,7,10H2,(H,22,25). The number of nitrogens with one attached hydrogen (secondary N) is 1. The number of carbonyl (C=O) groups excluding carboxylic acids is 2. The van der Waals surface area contributed by atoms with Crippen molar-refractivity contribution in [1.29, 1.82) is 0 Å². The fourth-order valence-corrected chi connectivity index (χ4v) is 3.26. The van der Waals surface area contributed by atoms with Crippen LogP contribution >= 0.6 is 34.8 Å². The zero-order chi connectivity index (χ0) is 18.0. The molecule has 25 heavy (non-hydrogen) atoms. The molecule has 1 saturated heterocycles. The number of hydrogen-bond acceptors (Lipinski definition) is 2. The number of likely N-dealkylation sites (tertiary alicyclic amines) is 1. The largest absolute Gasteiger partial charge is 0.338 e. The van der Waals surface area contributed by atoms with Crippen molar-refractivity contribution in [3.8, 4) is 0 Å². The molecular weight excluding hydrogens is 383 g/mol. The van der Waals surface area contributed by atoms with Crippen LogP contribution in [0.5, 0.6) is 0 Å². The molecule has 0 atom stereocenters. The van der Waals surface area contributed by atoms with E-state index in [-0.39, 0.29) is 11.8 Å². The summed E-state index contributed by atoms with van der Waals surface area (Å²) in [5.74, 6) is -0.125. The van der Waals surface area contributed by atoms with Gasteiger partial charge in [-0.15, -0.1) is 0 Å². The molecule has 1 aliphatic rings. The van der Waals surface area contributed by atoms with Crippen LogP contribution in [0.1, 0.15) is 28.8 Å². The van der Waals surface area contributed by atoms with Gasteiger partial charge in [0, 0.05) is 25.1 Å². The first kappa shape index (κ1) is 18.1. The van der Waals surface area contributed by atoms with E-state index in [1.807, 2.05) is 17.0 Å². The Labute approximate surface area is 160 Å². The fraction of sp³-hybridized carbons (Fsp3) is 0.222. The Hall–Kier alpha value is -1.75. The molecule has 7 heteroatoms. The first-order chi connectivity index (χ1) is 11.9. The Morgan fingerprint density at radius 1 is 1.04 bits per heavy atom. The van der Waals surface area contributed by atoms with Gasteiger partial charge in [-0.3, -0.25) is 9.59 Å². The molecule has 0 aliphatic carbocycles. The van der Waals surface area contributed by atoms with E-state index in [9.17, 15) is 9.59 Å². The molecule has 0 spiro atoms. The van der Waals surface area contributed by atoms with E-state index >= 15 is 0 Å². The van der Waals surface area contributed by atoms with Gasteiger partial charge in [0.25, 0.3) is 5.91 Å². The molecule has 1 aliphatic heterocycles. The highest BCUT2D eigenvalue weighted by Gasteiger charge is 2.20. The van der Waals surface area contributed by atoms with Crippen molar-refractivity contribution in [2.75, 3.05) is 11.9 Å². The molecule has 2 aromatic carbocycles. The summed E-state index contributed by atoms with van der Waals surface area (Å²) >= 11 is 17.9. The maximum atomic E-state index is 12.4. The molecule has 0 saturated carbocycles. The topological polar surface area (TPSA) is 49.4 Å². The Morgan fingerprint density at radius 3 is 2.36 bits per heavy atom. The number of benzene rings is 2. The molecule has 4 nitrogen and oxygen atoms in total. The predicted molar refractivity (Wildman–Crippen MR) is 101 cm³/mol. The monoisotopic (exact) mass is 396 g/mol. The fourth-order valence-electron chi connectivity index (χ4n) is 2.67. The van der Waals surface area contributed by atoms with E-state index in [0.717, 1.165) is 18.5 Å². The Morgan fingerprint density at radius 2 is 1.72 bits per heavy atom. The smallest absolute Gasteiger partial charge is 0.255 e. The lowest BCUT2D eigenvalue weighted by Gasteiger charge is -2.15. The van der Waals surface area contributed by atoms with E-state index in [1.165, 1.54) is 12.1 Å². The van der Waals surface area contributed by atoms with Crippen molar-refractivity contribution in [3.05, 3.63) is 62.6 Å². The average molecular weight is 398 g/mol. The highest BCUT2D eigenvalue weighted by Crippen LogP contribution is 2.32. The summed E-state index contributed by atoms with van der Waals surface area (Å²) in [5.41, 5.74) is 1.87. The number of hydrogen-bond donors (Lipinski definition) is 1. The molecular formula is C18H15Cl3N2O2. The SMILES string of the molecule is O=C(Nc1cc(Cl)c(Cl)cc1Cl)c1ccc(CN2CCCC2=O)cc1. The molecule has 0 bridgehead atoms. The Bertz CT molecular complexity index is 822. The Balaban J connectivity index is 1.68. The maximum absolute atomic E-state index is 12.4. The third-order valence-corrected chi connectivity index (χ3v) is 5.05. The van der Waals surface area contributed by atoms with Crippen LogP contribution in [0.15, 0.2) is 36.4 Å². The van der Waals surface area contributed by atoms with Crippen molar-refractivity contribution >= 4 is 52.3 Å². The number of amides is 2.